The number of nitrogens with one attached hydrogen (secondary N) is 1. The Morgan fingerprint density at radius 3 is 2.17 bits per heavy atom. The standard InChI is InChI=1S/C19H20N2O2S/c1-12-5-8-16(9-6-12)18-15(4)19(21-24(18,22)23)20-17-10-7-13(2)14(3)11-17/h5-11H,1-4H3,(H,20,21). The predicted octanol–water partition coefficient (Wildman–Crippen LogP) is 4.20. The molecule has 5 heteroatoms. The fourth-order valence-corrected chi connectivity index (χ4v) is 4.11. The Morgan fingerprint density at radius 1 is 0.875 bits per heavy atom. The number of hydrogen-bond acceptors (Lipinski definition) is 3. The molecule has 0 spiro atoms. The molecule has 4 nitrogen and oxygen atoms in total. The molecule has 0 aliphatic carbocycles. The van der Waals surface area contributed by atoms with Crippen LogP contribution >= 0.6 is 0 Å². The van der Waals surface area contributed by atoms with Gasteiger partial charge < -0.3 is 5.32 Å². The second-order valence-corrected chi connectivity index (χ2v) is 7.70. The molecule has 0 aromatic heterocycles. The van der Waals surface area contributed by atoms with Crippen LogP contribution in [0, 0.1) is 20.8 Å². The zero-order valence-corrected chi connectivity index (χ0v) is 15.0. The molecule has 0 radical (unpaired) electrons. The maximum atomic E-state index is 12.5. The Hall–Kier alpha value is -2.40. The van der Waals surface area contributed by atoms with Crippen LogP contribution in [0.15, 0.2) is 52.4 Å². The van der Waals surface area contributed by atoms with Crippen LogP contribution in [0.25, 0.3) is 4.91 Å². The van der Waals surface area contributed by atoms with E-state index in [-0.39, 0.29) is 4.91 Å². The fourth-order valence-electron chi connectivity index (χ4n) is 2.68. The third kappa shape index (κ3) is 2.99. The number of nitrogens with zero attached hydrogens (tertiary/aromatic N) is 1. The van der Waals surface area contributed by atoms with Crippen LogP contribution in [-0.4, -0.2) is 14.3 Å². The molecule has 1 N–H and O–H groups in total. The van der Waals surface area contributed by atoms with Crippen molar-refractivity contribution in [2.75, 3.05) is 5.32 Å². The first-order valence-corrected chi connectivity index (χ1v) is 9.19. The van der Waals surface area contributed by atoms with Gasteiger partial charge in [0, 0.05) is 11.3 Å². The van der Waals surface area contributed by atoms with Gasteiger partial charge in [-0.25, -0.2) is 0 Å². The van der Waals surface area contributed by atoms with Gasteiger partial charge in [0.05, 0.1) is 0 Å². The summed E-state index contributed by atoms with van der Waals surface area (Å²) in [6.07, 6.45) is 0. The second kappa shape index (κ2) is 5.91. The van der Waals surface area contributed by atoms with E-state index < -0.39 is 10.0 Å². The van der Waals surface area contributed by atoms with E-state index >= 15 is 0 Å². The Morgan fingerprint density at radius 2 is 1.54 bits per heavy atom. The Bertz CT molecular complexity index is 969. The largest absolute Gasteiger partial charge is 0.339 e. The fraction of sp³-hybridized carbons (Fsp3) is 0.211. The molecule has 24 heavy (non-hydrogen) atoms. The number of benzene rings is 2. The van der Waals surface area contributed by atoms with Crippen LogP contribution in [0.3, 0.4) is 0 Å². The van der Waals surface area contributed by atoms with Gasteiger partial charge in [0.15, 0.2) is 0 Å². The van der Waals surface area contributed by atoms with Crippen molar-refractivity contribution in [3.05, 3.63) is 70.3 Å². The van der Waals surface area contributed by atoms with Crippen LogP contribution in [-0.2, 0) is 10.0 Å². The molecule has 3 rings (SSSR count). The number of sulfonamides is 1. The van der Waals surface area contributed by atoms with E-state index in [0.717, 1.165) is 16.8 Å². The van der Waals surface area contributed by atoms with Gasteiger partial charge in [0.2, 0.25) is 0 Å². The van der Waals surface area contributed by atoms with E-state index in [0.29, 0.717) is 17.0 Å². The highest BCUT2D eigenvalue weighted by atomic mass is 32.2. The topological polar surface area (TPSA) is 58.5 Å². The van der Waals surface area contributed by atoms with Gasteiger partial charge in [0.25, 0.3) is 10.0 Å². The van der Waals surface area contributed by atoms with Gasteiger partial charge >= 0.3 is 0 Å². The number of aryl methyl sites for hydroxylation is 3. The average Bonchev–Trinajstić information content (AvgIpc) is 2.73. The van der Waals surface area contributed by atoms with Gasteiger partial charge in [-0.3, -0.25) is 0 Å². The van der Waals surface area contributed by atoms with Crippen molar-refractivity contribution >= 4 is 26.5 Å². The molecule has 124 valence electrons. The molecule has 0 atom stereocenters. The Balaban J connectivity index is 2.00. The molecule has 2 aromatic carbocycles. The van der Waals surface area contributed by atoms with E-state index in [1.54, 1.807) is 6.92 Å². The van der Waals surface area contributed by atoms with E-state index in [4.69, 9.17) is 0 Å². The number of rotatable bonds is 2. The molecule has 0 bridgehead atoms. The van der Waals surface area contributed by atoms with Crippen LogP contribution in [0.1, 0.15) is 29.2 Å². The first-order valence-electron chi connectivity index (χ1n) is 7.75. The molecule has 0 fully saturated rings. The predicted molar refractivity (Wildman–Crippen MR) is 99.7 cm³/mol. The number of anilines is 1. The highest BCUT2D eigenvalue weighted by molar-refractivity contribution is 8.00. The quantitative estimate of drug-likeness (QED) is 0.891. The molecular formula is C19H20N2O2S. The lowest BCUT2D eigenvalue weighted by atomic mass is 10.1. The summed E-state index contributed by atoms with van der Waals surface area (Å²) < 4.78 is 28.9. The first kappa shape index (κ1) is 16.5. The summed E-state index contributed by atoms with van der Waals surface area (Å²) in [5.41, 5.74) is 5.55. The SMILES string of the molecule is CC1=C(c2ccc(C)cc2)S(=O)(=O)N=C1Nc1ccc(C)c(C)c1. The van der Waals surface area contributed by atoms with E-state index in [1.165, 1.54) is 5.56 Å². The lowest BCUT2D eigenvalue weighted by Gasteiger charge is -2.09. The van der Waals surface area contributed by atoms with Gasteiger partial charge in [-0.2, -0.15) is 8.42 Å². The molecular weight excluding hydrogens is 320 g/mol. The molecule has 0 saturated carbocycles. The van der Waals surface area contributed by atoms with E-state index in [9.17, 15) is 8.42 Å². The second-order valence-electron chi connectivity index (χ2n) is 6.16. The van der Waals surface area contributed by atoms with Crippen molar-refractivity contribution in [1.29, 1.82) is 0 Å². The highest BCUT2D eigenvalue weighted by Crippen LogP contribution is 2.33. The van der Waals surface area contributed by atoms with E-state index in [2.05, 4.69) is 9.71 Å². The van der Waals surface area contributed by atoms with Crippen molar-refractivity contribution in [3.8, 4) is 0 Å². The minimum absolute atomic E-state index is 0.272. The van der Waals surface area contributed by atoms with Crippen LogP contribution in [0.4, 0.5) is 5.69 Å². The monoisotopic (exact) mass is 340 g/mol. The number of hydrogen-bond donors (Lipinski definition) is 1. The van der Waals surface area contributed by atoms with Crippen molar-refractivity contribution < 1.29 is 8.42 Å². The minimum Gasteiger partial charge on any atom is -0.339 e. The first-order chi connectivity index (χ1) is 11.3. The lowest BCUT2D eigenvalue weighted by molar-refractivity contribution is 0.608. The molecule has 1 aliphatic heterocycles. The number of amidine groups is 1. The summed E-state index contributed by atoms with van der Waals surface area (Å²) >= 11 is 0. The summed E-state index contributed by atoms with van der Waals surface area (Å²) in [4.78, 5) is 0.272. The molecule has 2 aromatic rings. The van der Waals surface area contributed by atoms with Gasteiger partial charge in [-0.15, -0.1) is 4.40 Å². The molecule has 1 aliphatic rings. The van der Waals surface area contributed by atoms with Crippen molar-refractivity contribution in [1.82, 2.24) is 0 Å². The normalized spacial score (nSPS) is 16.2. The Kier molecular flexibility index (Phi) is 4.05. The summed E-state index contributed by atoms with van der Waals surface area (Å²) in [5, 5.41) is 3.14. The van der Waals surface area contributed by atoms with Crippen LogP contribution in [0.2, 0.25) is 0 Å². The van der Waals surface area contributed by atoms with Crippen molar-refractivity contribution in [2.24, 2.45) is 4.40 Å². The summed E-state index contributed by atoms with van der Waals surface area (Å²) in [7, 11) is -3.68. The maximum absolute atomic E-state index is 12.5. The van der Waals surface area contributed by atoms with Crippen LogP contribution in [0.5, 0.6) is 0 Å². The molecule has 0 saturated heterocycles. The summed E-state index contributed by atoms with van der Waals surface area (Å²) in [6, 6.07) is 13.4. The maximum Gasteiger partial charge on any atom is 0.285 e. The third-order valence-corrected chi connectivity index (χ3v) is 5.73. The lowest BCUT2D eigenvalue weighted by Crippen LogP contribution is -2.11. The van der Waals surface area contributed by atoms with Gasteiger partial charge in [0.1, 0.15) is 10.7 Å². The van der Waals surface area contributed by atoms with Gasteiger partial charge in [-0.05, 0) is 56.5 Å². The molecule has 1 heterocycles. The Labute approximate surface area is 143 Å². The summed E-state index contributed by atoms with van der Waals surface area (Å²) in [6.45, 7) is 7.81. The highest BCUT2D eigenvalue weighted by Gasteiger charge is 2.30. The molecule has 0 unspecified atom stereocenters. The van der Waals surface area contributed by atoms with Crippen molar-refractivity contribution in [2.45, 2.75) is 27.7 Å². The van der Waals surface area contributed by atoms with E-state index in [1.807, 2.05) is 63.2 Å². The van der Waals surface area contributed by atoms with Crippen LogP contribution < -0.4 is 5.32 Å². The molecule has 0 amide bonds. The third-order valence-electron chi connectivity index (χ3n) is 4.25. The van der Waals surface area contributed by atoms with Gasteiger partial charge in [-0.1, -0.05) is 35.9 Å². The average molecular weight is 340 g/mol. The smallest absolute Gasteiger partial charge is 0.285 e. The minimum atomic E-state index is -3.68. The summed E-state index contributed by atoms with van der Waals surface area (Å²) in [5.74, 6) is 0.383. The zero-order chi connectivity index (χ0) is 17.5. The zero-order valence-electron chi connectivity index (χ0n) is 14.2. The van der Waals surface area contributed by atoms with Crippen molar-refractivity contribution in [3.63, 3.8) is 0 Å².